The van der Waals surface area contributed by atoms with Crippen LogP contribution in [0.2, 0.25) is 0 Å². The van der Waals surface area contributed by atoms with Crippen LogP contribution in [0.5, 0.6) is 0 Å². The first-order chi connectivity index (χ1) is 13.9. The van der Waals surface area contributed by atoms with Crippen molar-refractivity contribution in [2.75, 3.05) is 32.0 Å². The molecule has 2 aromatic heterocycles. The van der Waals surface area contributed by atoms with Crippen molar-refractivity contribution >= 4 is 32.9 Å². The van der Waals surface area contributed by atoms with Gasteiger partial charge in [-0.25, -0.2) is 18.1 Å². The van der Waals surface area contributed by atoms with Gasteiger partial charge in [0, 0.05) is 13.1 Å². The first kappa shape index (κ1) is 21.0. The summed E-state index contributed by atoms with van der Waals surface area (Å²) >= 11 is 0. The van der Waals surface area contributed by atoms with Gasteiger partial charge >= 0.3 is 0 Å². The molecule has 0 radical (unpaired) electrons. The van der Waals surface area contributed by atoms with Crippen LogP contribution in [0.1, 0.15) is 24.4 Å². The maximum Gasteiger partial charge on any atom is 0.293 e. The standard InChI is InChI=1S/C19H25N5O4S/c1-4-23(5-2)12-13-24-15-9-7-6-8-14(15)21-19(24)22-18(25)16-10-11-17(28-16)29(26,27)20-3/h6-11,20H,4-5,12-13H2,1-3H3,(H,21,22,25). The molecule has 9 nitrogen and oxygen atoms in total. The van der Waals surface area contributed by atoms with Crippen LogP contribution in [-0.4, -0.2) is 55.5 Å². The van der Waals surface area contributed by atoms with Crippen LogP contribution in [0, 0.1) is 0 Å². The van der Waals surface area contributed by atoms with Crippen molar-refractivity contribution in [1.82, 2.24) is 19.2 Å². The maximum atomic E-state index is 12.6. The summed E-state index contributed by atoms with van der Waals surface area (Å²) in [6, 6.07) is 10.2. The van der Waals surface area contributed by atoms with Crippen LogP contribution in [0.4, 0.5) is 5.95 Å². The highest BCUT2D eigenvalue weighted by atomic mass is 32.2. The Morgan fingerprint density at radius 3 is 2.59 bits per heavy atom. The number of nitrogens with one attached hydrogen (secondary N) is 2. The van der Waals surface area contributed by atoms with Crippen LogP contribution >= 0.6 is 0 Å². The molecular formula is C19H25N5O4S. The van der Waals surface area contributed by atoms with E-state index in [1.165, 1.54) is 19.2 Å². The summed E-state index contributed by atoms with van der Waals surface area (Å²) in [5.41, 5.74) is 1.67. The molecule has 0 bridgehead atoms. The van der Waals surface area contributed by atoms with Gasteiger partial charge in [-0.2, -0.15) is 0 Å². The van der Waals surface area contributed by atoms with Gasteiger partial charge in [-0.05, 0) is 44.4 Å². The zero-order valence-electron chi connectivity index (χ0n) is 16.7. The third-order valence-corrected chi connectivity index (χ3v) is 6.04. The Kier molecular flexibility index (Phi) is 6.36. The SMILES string of the molecule is CCN(CC)CCn1c(NC(=O)c2ccc(S(=O)(=O)NC)o2)nc2ccccc21. The third-order valence-electron chi connectivity index (χ3n) is 4.75. The summed E-state index contributed by atoms with van der Waals surface area (Å²) in [5.74, 6) is -0.291. The Hall–Kier alpha value is -2.69. The lowest BCUT2D eigenvalue weighted by Gasteiger charge is -2.19. The zero-order valence-corrected chi connectivity index (χ0v) is 17.5. The maximum absolute atomic E-state index is 12.6. The second-order valence-electron chi connectivity index (χ2n) is 6.38. The Labute approximate surface area is 169 Å². The minimum atomic E-state index is -3.76. The molecule has 3 aromatic rings. The van der Waals surface area contributed by atoms with E-state index in [4.69, 9.17) is 4.42 Å². The van der Waals surface area contributed by atoms with Gasteiger partial charge in [-0.3, -0.25) is 10.1 Å². The molecule has 10 heteroatoms. The van der Waals surface area contributed by atoms with Crippen molar-refractivity contribution in [3.63, 3.8) is 0 Å². The van der Waals surface area contributed by atoms with Crippen molar-refractivity contribution in [3.8, 4) is 0 Å². The number of rotatable bonds is 9. The molecule has 0 saturated carbocycles. The van der Waals surface area contributed by atoms with E-state index in [9.17, 15) is 13.2 Å². The molecule has 0 aliphatic carbocycles. The number of nitrogens with zero attached hydrogens (tertiary/aromatic N) is 3. The monoisotopic (exact) mass is 419 g/mol. The van der Waals surface area contributed by atoms with E-state index in [2.05, 4.69) is 33.8 Å². The molecule has 0 unspecified atom stereocenters. The number of amides is 1. The predicted molar refractivity (Wildman–Crippen MR) is 110 cm³/mol. The molecule has 1 amide bonds. The molecule has 1 aromatic carbocycles. The lowest BCUT2D eigenvalue weighted by molar-refractivity contribution is 0.0990. The van der Waals surface area contributed by atoms with Crippen molar-refractivity contribution in [2.45, 2.75) is 25.5 Å². The van der Waals surface area contributed by atoms with E-state index >= 15 is 0 Å². The summed E-state index contributed by atoms with van der Waals surface area (Å²) in [4.78, 5) is 19.4. The van der Waals surface area contributed by atoms with Gasteiger partial charge in [0.25, 0.3) is 15.9 Å². The van der Waals surface area contributed by atoms with Crippen LogP contribution in [0.25, 0.3) is 11.0 Å². The van der Waals surface area contributed by atoms with E-state index in [-0.39, 0.29) is 10.9 Å². The van der Waals surface area contributed by atoms with E-state index in [1.54, 1.807) is 0 Å². The van der Waals surface area contributed by atoms with E-state index in [0.29, 0.717) is 12.5 Å². The summed E-state index contributed by atoms with van der Waals surface area (Å²) in [5, 5.41) is 2.42. The highest BCUT2D eigenvalue weighted by Gasteiger charge is 2.21. The summed E-state index contributed by atoms with van der Waals surface area (Å²) in [6.45, 7) is 7.52. The van der Waals surface area contributed by atoms with E-state index in [0.717, 1.165) is 30.7 Å². The summed E-state index contributed by atoms with van der Waals surface area (Å²) < 4.78 is 32.9. The second kappa shape index (κ2) is 8.76. The quantitative estimate of drug-likeness (QED) is 0.550. The number of benzene rings is 1. The zero-order chi connectivity index (χ0) is 21.0. The Balaban J connectivity index is 1.87. The summed E-state index contributed by atoms with van der Waals surface area (Å²) in [7, 11) is -2.49. The molecule has 0 saturated heterocycles. The fraction of sp³-hybridized carbons (Fsp3) is 0.368. The summed E-state index contributed by atoms with van der Waals surface area (Å²) in [6.07, 6.45) is 0. The number of hydrogen-bond acceptors (Lipinski definition) is 6. The minimum Gasteiger partial charge on any atom is -0.438 e. The van der Waals surface area contributed by atoms with E-state index < -0.39 is 15.9 Å². The van der Waals surface area contributed by atoms with Gasteiger partial charge in [0.2, 0.25) is 11.0 Å². The third kappa shape index (κ3) is 4.50. The molecule has 0 atom stereocenters. The molecule has 2 N–H and O–H groups in total. The molecule has 0 aliphatic heterocycles. The van der Waals surface area contributed by atoms with Gasteiger partial charge in [0.05, 0.1) is 11.0 Å². The smallest absolute Gasteiger partial charge is 0.293 e. The van der Waals surface area contributed by atoms with Gasteiger partial charge in [-0.1, -0.05) is 26.0 Å². The Bertz CT molecular complexity index is 1100. The largest absolute Gasteiger partial charge is 0.438 e. The number of imidazole rings is 1. The van der Waals surface area contributed by atoms with Gasteiger partial charge in [0.1, 0.15) is 0 Å². The topological polar surface area (TPSA) is 109 Å². The predicted octanol–water partition coefficient (Wildman–Crippen LogP) is 2.13. The first-order valence-electron chi connectivity index (χ1n) is 9.42. The molecule has 2 heterocycles. The van der Waals surface area contributed by atoms with Crippen LogP contribution in [0.3, 0.4) is 0 Å². The molecule has 0 aliphatic rings. The van der Waals surface area contributed by atoms with Gasteiger partial charge in [0.15, 0.2) is 5.76 Å². The number of fused-ring (bicyclic) bond motifs is 1. The number of hydrogen-bond donors (Lipinski definition) is 2. The number of carbonyl (C=O) groups excluding carboxylic acids is 1. The number of anilines is 1. The molecule has 3 rings (SSSR count). The molecule has 0 fully saturated rings. The van der Waals surface area contributed by atoms with Crippen molar-refractivity contribution in [2.24, 2.45) is 0 Å². The van der Waals surface area contributed by atoms with E-state index in [1.807, 2.05) is 28.8 Å². The molecule has 156 valence electrons. The second-order valence-corrected chi connectivity index (χ2v) is 8.20. The van der Waals surface area contributed by atoms with Crippen molar-refractivity contribution in [1.29, 1.82) is 0 Å². The van der Waals surface area contributed by atoms with Gasteiger partial charge in [-0.15, -0.1) is 0 Å². The number of furan rings is 1. The normalized spacial score (nSPS) is 12.0. The van der Waals surface area contributed by atoms with Crippen molar-refractivity contribution < 1.29 is 17.6 Å². The Morgan fingerprint density at radius 1 is 1.17 bits per heavy atom. The number of likely N-dealkylation sites (N-methyl/N-ethyl adjacent to an activating group) is 1. The lowest BCUT2D eigenvalue weighted by Crippen LogP contribution is -2.27. The van der Waals surface area contributed by atoms with Crippen LogP contribution in [-0.2, 0) is 16.6 Å². The Morgan fingerprint density at radius 2 is 1.90 bits per heavy atom. The first-order valence-corrected chi connectivity index (χ1v) is 10.9. The van der Waals surface area contributed by atoms with Gasteiger partial charge < -0.3 is 13.9 Å². The van der Waals surface area contributed by atoms with Crippen LogP contribution < -0.4 is 10.0 Å². The van der Waals surface area contributed by atoms with Crippen LogP contribution in [0.15, 0.2) is 45.9 Å². The average Bonchev–Trinajstić information content (AvgIpc) is 3.35. The van der Waals surface area contributed by atoms with Crippen molar-refractivity contribution in [3.05, 3.63) is 42.2 Å². The number of aromatic nitrogens is 2. The lowest BCUT2D eigenvalue weighted by atomic mass is 10.3. The fourth-order valence-corrected chi connectivity index (χ4v) is 3.68. The molecule has 29 heavy (non-hydrogen) atoms. The number of para-hydroxylation sites is 2. The number of carbonyl (C=O) groups is 1. The highest BCUT2D eigenvalue weighted by molar-refractivity contribution is 7.89. The highest BCUT2D eigenvalue weighted by Crippen LogP contribution is 2.21. The average molecular weight is 420 g/mol. The molecule has 0 spiro atoms. The molecular weight excluding hydrogens is 394 g/mol. The number of sulfonamides is 1. The minimum absolute atomic E-state index is 0.110. The fourth-order valence-electron chi connectivity index (χ4n) is 3.03.